The van der Waals surface area contributed by atoms with Gasteiger partial charge < -0.3 is 10.2 Å². The molecule has 116 valence electrons. The summed E-state index contributed by atoms with van der Waals surface area (Å²) in [4.78, 5) is 5.19. The Labute approximate surface area is 129 Å². The number of likely N-dealkylation sites (tertiary alicyclic amines) is 1. The van der Waals surface area contributed by atoms with E-state index < -0.39 is 0 Å². The topological polar surface area (TPSA) is 18.5 Å². The third-order valence-electron chi connectivity index (χ3n) is 5.12. The molecule has 1 N–H and O–H groups in total. The van der Waals surface area contributed by atoms with Crippen LogP contribution >= 0.6 is 0 Å². The van der Waals surface area contributed by atoms with Gasteiger partial charge in [0, 0.05) is 31.7 Å². The van der Waals surface area contributed by atoms with Crippen LogP contribution in [0.4, 0.5) is 0 Å². The van der Waals surface area contributed by atoms with Gasteiger partial charge in [-0.15, -0.1) is 0 Å². The summed E-state index contributed by atoms with van der Waals surface area (Å²) >= 11 is 0. The largest absolute Gasteiger partial charge is 0.311 e. The van der Waals surface area contributed by atoms with Gasteiger partial charge in [-0.2, -0.15) is 0 Å². The molecule has 1 aromatic carbocycles. The van der Waals surface area contributed by atoms with E-state index in [0.29, 0.717) is 12.1 Å². The molecule has 2 unspecified atom stereocenters. The van der Waals surface area contributed by atoms with Gasteiger partial charge in [-0.1, -0.05) is 30.3 Å². The quantitative estimate of drug-likeness (QED) is 0.921. The van der Waals surface area contributed by atoms with Crippen molar-refractivity contribution in [3.8, 4) is 0 Å². The molecule has 3 heteroatoms. The average molecular weight is 287 g/mol. The van der Waals surface area contributed by atoms with Gasteiger partial charge in [0.25, 0.3) is 0 Å². The fourth-order valence-electron chi connectivity index (χ4n) is 3.77. The second-order valence-corrected chi connectivity index (χ2v) is 6.94. The molecule has 2 heterocycles. The molecule has 0 aliphatic carbocycles. The monoisotopic (exact) mass is 287 g/mol. The fourth-order valence-corrected chi connectivity index (χ4v) is 3.77. The predicted molar refractivity (Wildman–Crippen MR) is 88.4 cm³/mol. The number of piperazine rings is 1. The van der Waals surface area contributed by atoms with Gasteiger partial charge in [0.1, 0.15) is 0 Å². The molecule has 2 saturated heterocycles. The summed E-state index contributed by atoms with van der Waals surface area (Å²) in [5, 5.41) is 3.65. The third-order valence-corrected chi connectivity index (χ3v) is 5.12. The van der Waals surface area contributed by atoms with E-state index in [2.05, 4.69) is 59.4 Å². The van der Waals surface area contributed by atoms with Crippen LogP contribution in [0.3, 0.4) is 0 Å². The Morgan fingerprint density at radius 3 is 2.57 bits per heavy atom. The van der Waals surface area contributed by atoms with E-state index in [-0.39, 0.29) is 0 Å². The van der Waals surface area contributed by atoms with Gasteiger partial charge >= 0.3 is 0 Å². The molecule has 2 fully saturated rings. The number of nitrogens with one attached hydrogen (secondary N) is 1. The van der Waals surface area contributed by atoms with Crippen LogP contribution in [0.2, 0.25) is 0 Å². The van der Waals surface area contributed by atoms with Crippen LogP contribution < -0.4 is 5.32 Å². The summed E-state index contributed by atoms with van der Waals surface area (Å²) in [6.45, 7) is 8.36. The number of piperidine rings is 1. The highest BCUT2D eigenvalue weighted by Gasteiger charge is 2.29. The minimum atomic E-state index is 0.544. The Morgan fingerprint density at radius 2 is 1.86 bits per heavy atom. The van der Waals surface area contributed by atoms with Crippen molar-refractivity contribution in [1.29, 1.82) is 0 Å². The molecule has 3 rings (SSSR count). The van der Waals surface area contributed by atoms with Crippen LogP contribution in [-0.2, 0) is 0 Å². The molecule has 0 amide bonds. The highest BCUT2D eigenvalue weighted by Crippen LogP contribution is 2.27. The molecule has 0 aromatic heterocycles. The Kier molecular flexibility index (Phi) is 4.94. The zero-order valence-corrected chi connectivity index (χ0v) is 13.5. The van der Waals surface area contributed by atoms with Crippen LogP contribution in [0.5, 0.6) is 0 Å². The summed E-state index contributed by atoms with van der Waals surface area (Å²) in [5.41, 5.74) is 1.46. The van der Waals surface area contributed by atoms with E-state index in [1.54, 1.807) is 0 Å². The fraction of sp³-hybridized carbons (Fsp3) is 0.667. The molecule has 21 heavy (non-hydrogen) atoms. The molecule has 0 spiro atoms. The van der Waals surface area contributed by atoms with E-state index in [9.17, 15) is 0 Å². The summed E-state index contributed by atoms with van der Waals surface area (Å²) < 4.78 is 0. The molecular formula is C18H29N3. The van der Waals surface area contributed by atoms with E-state index in [1.807, 2.05) is 0 Å². The zero-order valence-electron chi connectivity index (χ0n) is 13.5. The highest BCUT2D eigenvalue weighted by atomic mass is 15.2. The van der Waals surface area contributed by atoms with E-state index in [0.717, 1.165) is 12.5 Å². The zero-order chi connectivity index (χ0) is 14.7. The predicted octanol–water partition coefficient (Wildman–Crippen LogP) is 2.36. The van der Waals surface area contributed by atoms with Crippen LogP contribution in [0.1, 0.15) is 31.4 Å². The number of hydrogen-bond acceptors (Lipinski definition) is 3. The Bertz CT molecular complexity index is 425. The standard InChI is InChI=1S/C18H29N3/c1-15-13-21(14-16-8-10-20(2)11-9-16)18(12-19-15)17-6-4-3-5-7-17/h3-7,15-16,18-19H,8-14H2,1-2H3. The molecular weight excluding hydrogens is 258 g/mol. The first kappa shape index (κ1) is 15.0. The maximum Gasteiger partial charge on any atom is 0.0473 e. The lowest BCUT2D eigenvalue weighted by Crippen LogP contribution is -2.52. The van der Waals surface area contributed by atoms with Gasteiger partial charge in [-0.3, -0.25) is 4.90 Å². The lowest BCUT2D eigenvalue weighted by atomic mass is 9.93. The van der Waals surface area contributed by atoms with Crippen LogP contribution in [-0.4, -0.2) is 55.6 Å². The van der Waals surface area contributed by atoms with Gasteiger partial charge in [-0.25, -0.2) is 0 Å². The average Bonchev–Trinajstić information content (AvgIpc) is 2.51. The molecule has 1 aromatic rings. The van der Waals surface area contributed by atoms with Crippen LogP contribution in [0.15, 0.2) is 30.3 Å². The third kappa shape index (κ3) is 3.85. The molecule has 0 saturated carbocycles. The van der Waals surface area contributed by atoms with Crippen molar-refractivity contribution in [1.82, 2.24) is 15.1 Å². The minimum absolute atomic E-state index is 0.544. The normalized spacial score (nSPS) is 29.6. The van der Waals surface area contributed by atoms with E-state index in [1.165, 1.54) is 44.6 Å². The first-order chi connectivity index (χ1) is 10.2. The number of benzene rings is 1. The number of hydrogen-bond donors (Lipinski definition) is 1. The lowest BCUT2D eigenvalue weighted by molar-refractivity contribution is 0.0921. The maximum atomic E-state index is 3.65. The smallest absolute Gasteiger partial charge is 0.0473 e. The van der Waals surface area contributed by atoms with Gasteiger partial charge in [0.15, 0.2) is 0 Å². The van der Waals surface area contributed by atoms with Crippen molar-refractivity contribution >= 4 is 0 Å². The molecule has 2 aliphatic heterocycles. The van der Waals surface area contributed by atoms with Crippen molar-refractivity contribution in [2.24, 2.45) is 5.92 Å². The summed E-state index contributed by atoms with van der Waals surface area (Å²) in [6.07, 6.45) is 2.71. The van der Waals surface area contributed by atoms with Gasteiger partial charge in [0.2, 0.25) is 0 Å². The second-order valence-electron chi connectivity index (χ2n) is 6.94. The second kappa shape index (κ2) is 6.91. The number of nitrogens with zero attached hydrogens (tertiary/aromatic N) is 2. The Morgan fingerprint density at radius 1 is 1.14 bits per heavy atom. The van der Waals surface area contributed by atoms with E-state index >= 15 is 0 Å². The van der Waals surface area contributed by atoms with Crippen molar-refractivity contribution in [2.45, 2.75) is 31.8 Å². The number of rotatable bonds is 3. The molecule has 2 aliphatic rings. The SMILES string of the molecule is CC1CN(CC2CCN(C)CC2)C(c2ccccc2)CN1. The van der Waals surface area contributed by atoms with E-state index in [4.69, 9.17) is 0 Å². The van der Waals surface area contributed by atoms with Crippen molar-refractivity contribution in [3.05, 3.63) is 35.9 Å². The molecule has 0 radical (unpaired) electrons. The Hall–Kier alpha value is -0.900. The maximum absolute atomic E-state index is 3.65. The van der Waals surface area contributed by atoms with Crippen LogP contribution in [0, 0.1) is 5.92 Å². The first-order valence-electron chi connectivity index (χ1n) is 8.43. The Balaban J connectivity index is 1.67. The van der Waals surface area contributed by atoms with Crippen LogP contribution in [0.25, 0.3) is 0 Å². The summed E-state index contributed by atoms with van der Waals surface area (Å²) in [5.74, 6) is 0.873. The van der Waals surface area contributed by atoms with Crippen molar-refractivity contribution < 1.29 is 0 Å². The lowest BCUT2D eigenvalue weighted by Gasteiger charge is -2.42. The molecule has 0 bridgehead atoms. The van der Waals surface area contributed by atoms with Crippen molar-refractivity contribution in [2.75, 3.05) is 39.8 Å². The molecule has 2 atom stereocenters. The molecule has 3 nitrogen and oxygen atoms in total. The van der Waals surface area contributed by atoms with Gasteiger partial charge in [-0.05, 0) is 51.4 Å². The van der Waals surface area contributed by atoms with Crippen molar-refractivity contribution in [3.63, 3.8) is 0 Å². The summed E-state index contributed by atoms with van der Waals surface area (Å²) in [7, 11) is 2.25. The van der Waals surface area contributed by atoms with Gasteiger partial charge in [0.05, 0.1) is 0 Å². The highest BCUT2D eigenvalue weighted by molar-refractivity contribution is 5.20. The summed E-state index contributed by atoms with van der Waals surface area (Å²) in [6, 6.07) is 12.2. The minimum Gasteiger partial charge on any atom is -0.311 e. The first-order valence-corrected chi connectivity index (χ1v) is 8.43.